The van der Waals surface area contributed by atoms with Crippen LogP contribution in [0.25, 0.3) is 10.2 Å². The third-order valence-corrected chi connectivity index (χ3v) is 6.74. The second-order valence-corrected chi connectivity index (χ2v) is 7.86. The number of rotatable bonds is 4. The molecule has 22 heavy (non-hydrogen) atoms. The Morgan fingerprint density at radius 3 is 3.05 bits per heavy atom. The monoisotopic (exact) mass is 336 g/mol. The molecule has 2 saturated heterocycles. The Labute approximate surface area is 138 Å². The molecular weight excluding hydrogens is 316 g/mol. The van der Waals surface area contributed by atoms with Gasteiger partial charge in [-0.25, -0.2) is 9.97 Å². The van der Waals surface area contributed by atoms with E-state index in [1.807, 2.05) is 0 Å². The zero-order valence-electron chi connectivity index (χ0n) is 12.5. The molecule has 2 aromatic heterocycles. The summed E-state index contributed by atoms with van der Waals surface area (Å²) in [7, 11) is 0. The zero-order valence-corrected chi connectivity index (χ0v) is 14.1. The molecule has 5 nitrogen and oxygen atoms in total. The number of nitrogens with zero attached hydrogens (tertiary/aromatic N) is 3. The van der Waals surface area contributed by atoms with Crippen molar-refractivity contribution in [3.63, 3.8) is 0 Å². The minimum Gasteiger partial charge on any atom is -0.379 e. The molecule has 0 amide bonds. The molecule has 118 valence electrons. The van der Waals surface area contributed by atoms with Gasteiger partial charge in [-0.15, -0.1) is 11.3 Å². The van der Waals surface area contributed by atoms with Crippen LogP contribution in [0.3, 0.4) is 0 Å². The van der Waals surface area contributed by atoms with Crippen LogP contribution in [0.4, 0.5) is 5.82 Å². The average molecular weight is 336 g/mol. The maximum atomic E-state index is 5.53. The van der Waals surface area contributed by atoms with Gasteiger partial charge in [0, 0.05) is 30.9 Å². The van der Waals surface area contributed by atoms with Gasteiger partial charge in [-0.2, -0.15) is 11.8 Å². The summed E-state index contributed by atoms with van der Waals surface area (Å²) >= 11 is 3.77. The van der Waals surface area contributed by atoms with Crippen LogP contribution in [0, 0.1) is 0 Å². The van der Waals surface area contributed by atoms with E-state index in [4.69, 9.17) is 4.74 Å². The van der Waals surface area contributed by atoms with Gasteiger partial charge in [0.05, 0.1) is 23.4 Å². The Bertz CT molecular complexity index is 635. The van der Waals surface area contributed by atoms with E-state index < -0.39 is 0 Å². The SMILES string of the molecule is c1nc(NC[C@@]2(N3CCOCC3)CCSC2)c2sccc2n1. The van der Waals surface area contributed by atoms with Crippen LogP contribution < -0.4 is 5.32 Å². The van der Waals surface area contributed by atoms with Crippen LogP contribution in [0.2, 0.25) is 0 Å². The first-order chi connectivity index (χ1) is 10.9. The summed E-state index contributed by atoms with van der Waals surface area (Å²) in [6, 6.07) is 2.05. The average Bonchev–Trinajstić information content (AvgIpc) is 3.24. The van der Waals surface area contributed by atoms with E-state index in [9.17, 15) is 0 Å². The molecule has 0 unspecified atom stereocenters. The van der Waals surface area contributed by atoms with E-state index in [0.717, 1.165) is 48.9 Å². The highest BCUT2D eigenvalue weighted by Gasteiger charge is 2.40. The predicted molar refractivity (Wildman–Crippen MR) is 93.0 cm³/mol. The lowest BCUT2D eigenvalue weighted by molar-refractivity contribution is -0.00921. The molecule has 0 bridgehead atoms. The minimum atomic E-state index is 0.239. The van der Waals surface area contributed by atoms with Crippen LogP contribution in [0.1, 0.15) is 6.42 Å². The molecule has 7 heteroatoms. The maximum Gasteiger partial charge on any atom is 0.147 e. The molecule has 1 atom stereocenters. The molecule has 0 saturated carbocycles. The molecule has 2 aromatic rings. The van der Waals surface area contributed by atoms with Crippen LogP contribution in [0.5, 0.6) is 0 Å². The van der Waals surface area contributed by atoms with Crippen LogP contribution in [-0.2, 0) is 4.74 Å². The van der Waals surface area contributed by atoms with Crippen LogP contribution >= 0.6 is 23.1 Å². The summed E-state index contributed by atoms with van der Waals surface area (Å²) in [5.41, 5.74) is 1.27. The van der Waals surface area contributed by atoms with Crippen molar-refractivity contribution in [2.24, 2.45) is 0 Å². The van der Waals surface area contributed by atoms with Crippen LogP contribution in [0.15, 0.2) is 17.8 Å². The Balaban J connectivity index is 1.53. The summed E-state index contributed by atoms with van der Waals surface area (Å²) in [5, 5.41) is 5.69. The molecule has 1 N–H and O–H groups in total. The molecule has 2 fully saturated rings. The smallest absolute Gasteiger partial charge is 0.147 e. The van der Waals surface area contributed by atoms with Gasteiger partial charge in [0.1, 0.15) is 12.1 Å². The number of ether oxygens (including phenoxy) is 1. The van der Waals surface area contributed by atoms with Crippen molar-refractivity contribution in [2.45, 2.75) is 12.0 Å². The molecule has 0 spiro atoms. The summed E-state index contributed by atoms with van der Waals surface area (Å²) in [5.74, 6) is 3.42. The van der Waals surface area contributed by atoms with E-state index in [0.29, 0.717) is 0 Å². The van der Waals surface area contributed by atoms with Gasteiger partial charge in [0.2, 0.25) is 0 Å². The van der Waals surface area contributed by atoms with E-state index in [1.54, 1.807) is 17.7 Å². The fraction of sp³-hybridized carbons (Fsp3) is 0.600. The number of nitrogens with one attached hydrogen (secondary N) is 1. The van der Waals surface area contributed by atoms with Gasteiger partial charge in [-0.05, 0) is 23.6 Å². The Hall–Kier alpha value is -0.890. The van der Waals surface area contributed by atoms with Crippen molar-refractivity contribution in [1.82, 2.24) is 14.9 Å². The Morgan fingerprint density at radius 2 is 2.23 bits per heavy atom. The van der Waals surface area contributed by atoms with Gasteiger partial charge in [-0.1, -0.05) is 0 Å². The highest BCUT2D eigenvalue weighted by Crippen LogP contribution is 2.35. The maximum absolute atomic E-state index is 5.53. The predicted octanol–water partition coefficient (Wildman–Crippen LogP) is 2.31. The number of fused-ring (bicyclic) bond motifs is 1. The largest absolute Gasteiger partial charge is 0.379 e. The van der Waals surface area contributed by atoms with Gasteiger partial charge in [-0.3, -0.25) is 4.90 Å². The quantitative estimate of drug-likeness (QED) is 0.925. The van der Waals surface area contributed by atoms with Crippen LogP contribution in [-0.4, -0.2) is 64.8 Å². The molecule has 4 rings (SSSR count). The zero-order chi connectivity index (χ0) is 14.8. The van der Waals surface area contributed by atoms with Crippen molar-refractivity contribution in [2.75, 3.05) is 49.7 Å². The minimum absolute atomic E-state index is 0.239. The van der Waals surface area contributed by atoms with E-state index in [-0.39, 0.29) is 5.54 Å². The number of aromatic nitrogens is 2. The normalized spacial score (nSPS) is 26.5. The van der Waals surface area contributed by atoms with E-state index in [2.05, 4.69) is 43.4 Å². The lowest BCUT2D eigenvalue weighted by Crippen LogP contribution is -2.57. The van der Waals surface area contributed by atoms with Crippen molar-refractivity contribution in [3.05, 3.63) is 17.8 Å². The lowest BCUT2D eigenvalue weighted by atomic mass is 9.95. The van der Waals surface area contributed by atoms with Crippen molar-refractivity contribution in [3.8, 4) is 0 Å². The highest BCUT2D eigenvalue weighted by atomic mass is 32.2. The first kappa shape index (κ1) is 14.7. The number of anilines is 1. The summed E-state index contributed by atoms with van der Waals surface area (Å²) in [6.45, 7) is 4.75. The first-order valence-electron chi connectivity index (χ1n) is 7.70. The van der Waals surface area contributed by atoms with Gasteiger partial charge in [0.25, 0.3) is 0 Å². The number of thiophene rings is 1. The summed E-state index contributed by atoms with van der Waals surface area (Å²) < 4.78 is 6.68. The number of hydrogen-bond donors (Lipinski definition) is 1. The van der Waals surface area contributed by atoms with Crippen molar-refractivity contribution in [1.29, 1.82) is 0 Å². The number of thioether (sulfide) groups is 1. The molecular formula is C15H20N4OS2. The Morgan fingerprint density at radius 1 is 1.32 bits per heavy atom. The van der Waals surface area contributed by atoms with Crippen molar-refractivity contribution >= 4 is 39.1 Å². The summed E-state index contributed by atoms with van der Waals surface area (Å²) in [6.07, 6.45) is 2.89. The van der Waals surface area contributed by atoms with E-state index >= 15 is 0 Å². The van der Waals surface area contributed by atoms with Gasteiger partial charge < -0.3 is 10.1 Å². The van der Waals surface area contributed by atoms with Gasteiger partial charge >= 0.3 is 0 Å². The standard InChI is InChI=1S/C15H20N4OS2/c1-7-22-13-12(1)17-11-18-14(13)16-9-15(2-8-21-10-15)19-3-5-20-6-4-19/h1,7,11H,2-6,8-10H2,(H,16,17,18)/t15-/m0/s1. The number of hydrogen-bond acceptors (Lipinski definition) is 7. The molecule has 2 aliphatic heterocycles. The highest BCUT2D eigenvalue weighted by molar-refractivity contribution is 7.99. The molecule has 0 aliphatic carbocycles. The lowest BCUT2D eigenvalue weighted by Gasteiger charge is -2.43. The third kappa shape index (κ3) is 2.71. The second kappa shape index (κ2) is 6.31. The third-order valence-electron chi connectivity index (χ3n) is 4.59. The Kier molecular flexibility index (Phi) is 4.21. The van der Waals surface area contributed by atoms with Gasteiger partial charge in [0.15, 0.2) is 0 Å². The molecule has 2 aliphatic rings. The second-order valence-electron chi connectivity index (χ2n) is 5.84. The molecule has 0 radical (unpaired) electrons. The fourth-order valence-electron chi connectivity index (χ4n) is 3.30. The summed E-state index contributed by atoms with van der Waals surface area (Å²) in [4.78, 5) is 11.4. The molecule has 4 heterocycles. The van der Waals surface area contributed by atoms with E-state index in [1.165, 1.54) is 17.9 Å². The van der Waals surface area contributed by atoms with Crippen molar-refractivity contribution < 1.29 is 4.74 Å². The first-order valence-corrected chi connectivity index (χ1v) is 9.73. The molecule has 0 aromatic carbocycles. The number of morpholine rings is 1. The topological polar surface area (TPSA) is 50.3 Å². The fourth-order valence-corrected chi connectivity index (χ4v) is 5.59.